The molecule has 0 aliphatic rings. The van der Waals surface area contributed by atoms with E-state index in [4.69, 9.17) is 9.47 Å². The molecule has 0 unspecified atom stereocenters. The largest absolute Gasteiger partial charge is 0.494 e. The van der Waals surface area contributed by atoms with Gasteiger partial charge < -0.3 is 14.0 Å². The van der Waals surface area contributed by atoms with Crippen LogP contribution in [0.25, 0.3) is 10.2 Å². The number of methoxy groups -OCH3 is 1. The van der Waals surface area contributed by atoms with Gasteiger partial charge in [0.2, 0.25) is 0 Å². The first-order valence-electron chi connectivity index (χ1n) is 8.95. The highest BCUT2D eigenvalue weighted by molar-refractivity contribution is 7.16. The normalized spacial score (nSPS) is 11.9. The molecule has 0 saturated heterocycles. The summed E-state index contributed by atoms with van der Waals surface area (Å²) in [5.41, 5.74) is 3.86. The number of rotatable bonds is 6. The van der Waals surface area contributed by atoms with Gasteiger partial charge in [0.05, 0.1) is 23.4 Å². The molecule has 3 rings (SSSR count). The predicted octanol–water partition coefficient (Wildman–Crippen LogP) is 4.11. The number of carbonyl (C=O) groups is 1. The Morgan fingerprint density at radius 3 is 2.67 bits per heavy atom. The van der Waals surface area contributed by atoms with Crippen LogP contribution >= 0.6 is 11.3 Å². The number of carbonyl (C=O) groups excluding carboxylic acids is 1. The van der Waals surface area contributed by atoms with Crippen LogP contribution in [0.15, 0.2) is 41.4 Å². The molecule has 0 bridgehead atoms. The van der Waals surface area contributed by atoms with Crippen LogP contribution in [0.2, 0.25) is 0 Å². The number of hydrogen-bond acceptors (Lipinski definition) is 4. The van der Waals surface area contributed by atoms with E-state index in [1.807, 2.05) is 61.7 Å². The van der Waals surface area contributed by atoms with Gasteiger partial charge in [-0.25, -0.2) is 0 Å². The summed E-state index contributed by atoms with van der Waals surface area (Å²) in [6.07, 6.45) is 0. The van der Waals surface area contributed by atoms with Gasteiger partial charge in [0.15, 0.2) is 4.80 Å². The monoisotopic (exact) mass is 384 g/mol. The fourth-order valence-electron chi connectivity index (χ4n) is 2.82. The molecule has 6 heteroatoms. The fourth-order valence-corrected chi connectivity index (χ4v) is 3.90. The molecule has 5 nitrogen and oxygen atoms in total. The maximum absolute atomic E-state index is 12.7. The van der Waals surface area contributed by atoms with Crippen LogP contribution in [-0.2, 0) is 11.3 Å². The molecule has 1 amide bonds. The van der Waals surface area contributed by atoms with Gasteiger partial charge in [-0.3, -0.25) is 4.79 Å². The molecule has 1 aromatic heterocycles. The minimum atomic E-state index is -0.235. The van der Waals surface area contributed by atoms with E-state index in [2.05, 4.69) is 4.99 Å². The third-order valence-electron chi connectivity index (χ3n) is 4.44. The molecule has 0 N–H and O–H groups in total. The summed E-state index contributed by atoms with van der Waals surface area (Å²) >= 11 is 1.48. The third kappa shape index (κ3) is 4.28. The SMILES string of the molecule is CCOc1ccc2c(c1)sc(=NC(=O)c1ccc(C)c(C)c1)n2CCOC. The van der Waals surface area contributed by atoms with E-state index < -0.39 is 0 Å². The van der Waals surface area contributed by atoms with Gasteiger partial charge in [-0.1, -0.05) is 17.4 Å². The van der Waals surface area contributed by atoms with Crippen molar-refractivity contribution in [1.82, 2.24) is 4.57 Å². The summed E-state index contributed by atoms with van der Waals surface area (Å²) in [6.45, 7) is 7.78. The van der Waals surface area contributed by atoms with Gasteiger partial charge in [0.25, 0.3) is 5.91 Å². The first-order valence-corrected chi connectivity index (χ1v) is 9.76. The van der Waals surface area contributed by atoms with Crippen LogP contribution in [0.3, 0.4) is 0 Å². The van der Waals surface area contributed by atoms with E-state index in [0.29, 0.717) is 30.1 Å². The number of aromatic nitrogens is 1. The smallest absolute Gasteiger partial charge is 0.279 e. The molecule has 0 radical (unpaired) electrons. The van der Waals surface area contributed by atoms with E-state index >= 15 is 0 Å². The summed E-state index contributed by atoms with van der Waals surface area (Å²) in [5, 5.41) is 0. The fraction of sp³-hybridized carbons (Fsp3) is 0.333. The Bertz CT molecular complexity index is 1030. The van der Waals surface area contributed by atoms with Gasteiger partial charge >= 0.3 is 0 Å². The number of hydrogen-bond donors (Lipinski definition) is 0. The first-order chi connectivity index (χ1) is 13.0. The van der Waals surface area contributed by atoms with Crippen molar-refractivity contribution in [2.24, 2.45) is 4.99 Å². The van der Waals surface area contributed by atoms with Gasteiger partial charge in [0, 0.05) is 19.2 Å². The van der Waals surface area contributed by atoms with E-state index in [0.717, 1.165) is 27.1 Å². The highest BCUT2D eigenvalue weighted by atomic mass is 32.1. The molecule has 0 saturated carbocycles. The Morgan fingerprint density at radius 2 is 1.96 bits per heavy atom. The average molecular weight is 385 g/mol. The van der Waals surface area contributed by atoms with E-state index in [-0.39, 0.29) is 5.91 Å². The second kappa shape index (κ2) is 8.50. The molecule has 2 aromatic carbocycles. The molecular formula is C21H24N2O3S. The van der Waals surface area contributed by atoms with Crippen LogP contribution in [0.5, 0.6) is 5.75 Å². The second-order valence-corrected chi connectivity index (χ2v) is 7.32. The summed E-state index contributed by atoms with van der Waals surface area (Å²) in [7, 11) is 1.67. The Kier molecular flexibility index (Phi) is 6.08. The lowest BCUT2D eigenvalue weighted by molar-refractivity contribution is 0.0997. The van der Waals surface area contributed by atoms with Crippen LogP contribution in [0, 0.1) is 13.8 Å². The zero-order valence-corrected chi connectivity index (χ0v) is 16.9. The number of fused-ring (bicyclic) bond motifs is 1. The van der Waals surface area contributed by atoms with Crippen molar-refractivity contribution < 1.29 is 14.3 Å². The average Bonchev–Trinajstić information content (AvgIpc) is 2.98. The van der Waals surface area contributed by atoms with Gasteiger partial charge in [-0.05, 0) is 62.2 Å². The summed E-state index contributed by atoms with van der Waals surface area (Å²) in [5.74, 6) is 0.582. The van der Waals surface area contributed by atoms with Crippen molar-refractivity contribution in [2.75, 3.05) is 20.3 Å². The third-order valence-corrected chi connectivity index (χ3v) is 5.48. The Labute approximate surface area is 162 Å². The number of thiazole rings is 1. The van der Waals surface area contributed by atoms with Crippen LogP contribution in [0.1, 0.15) is 28.4 Å². The zero-order chi connectivity index (χ0) is 19.4. The lowest BCUT2D eigenvalue weighted by Crippen LogP contribution is -2.19. The predicted molar refractivity (Wildman–Crippen MR) is 109 cm³/mol. The van der Waals surface area contributed by atoms with Gasteiger partial charge in [-0.2, -0.15) is 4.99 Å². The molecule has 142 valence electrons. The topological polar surface area (TPSA) is 52.8 Å². The van der Waals surface area contributed by atoms with Crippen molar-refractivity contribution in [1.29, 1.82) is 0 Å². The zero-order valence-electron chi connectivity index (χ0n) is 16.1. The highest BCUT2D eigenvalue weighted by Gasteiger charge is 2.11. The molecule has 3 aromatic rings. The maximum atomic E-state index is 12.7. The van der Waals surface area contributed by atoms with Crippen molar-refractivity contribution in [3.05, 3.63) is 57.9 Å². The molecule has 0 aliphatic heterocycles. The van der Waals surface area contributed by atoms with Crippen LogP contribution < -0.4 is 9.54 Å². The Morgan fingerprint density at radius 1 is 1.15 bits per heavy atom. The van der Waals surface area contributed by atoms with Crippen molar-refractivity contribution >= 4 is 27.5 Å². The van der Waals surface area contributed by atoms with E-state index in [1.54, 1.807) is 7.11 Å². The number of aryl methyl sites for hydroxylation is 2. The molecule has 0 fully saturated rings. The lowest BCUT2D eigenvalue weighted by atomic mass is 10.1. The van der Waals surface area contributed by atoms with Crippen molar-refractivity contribution in [3.8, 4) is 5.75 Å². The molecule has 0 spiro atoms. The summed E-state index contributed by atoms with van der Waals surface area (Å²) in [4.78, 5) is 17.8. The molecule has 27 heavy (non-hydrogen) atoms. The maximum Gasteiger partial charge on any atom is 0.279 e. The molecule has 0 aliphatic carbocycles. The summed E-state index contributed by atoms with van der Waals surface area (Å²) < 4.78 is 13.9. The van der Waals surface area contributed by atoms with Crippen LogP contribution in [-0.4, -0.2) is 30.8 Å². The number of nitrogens with zero attached hydrogens (tertiary/aromatic N) is 2. The highest BCUT2D eigenvalue weighted by Crippen LogP contribution is 2.23. The Balaban J connectivity index is 2.08. The van der Waals surface area contributed by atoms with E-state index in [9.17, 15) is 4.79 Å². The second-order valence-electron chi connectivity index (χ2n) is 6.31. The minimum absolute atomic E-state index is 0.235. The van der Waals surface area contributed by atoms with Crippen molar-refractivity contribution in [3.63, 3.8) is 0 Å². The number of amides is 1. The minimum Gasteiger partial charge on any atom is -0.494 e. The molecule has 0 atom stereocenters. The van der Waals surface area contributed by atoms with Crippen LogP contribution in [0.4, 0.5) is 0 Å². The Hall–Kier alpha value is -2.44. The standard InChI is InChI=1S/C21H24N2O3S/c1-5-26-17-8-9-18-19(13-17)27-21(23(18)10-11-25-4)22-20(24)16-7-6-14(2)15(3)12-16/h6-9,12-13H,5,10-11H2,1-4H3. The van der Waals surface area contributed by atoms with E-state index in [1.165, 1.54) is 11.3 Å². The quantitative estimate of drug-likeness (QED) is 0.643. The number of benzene rings is 2. The number of ether oxygens (including phenoxy) is 2. The molecular weight excluding hydrogens is 360 g/mol. The van der Waals surface area contributed by atoms with Gasteiger partial charge in [0.1, 0.15) is 5.75 Å². The van der Waals surface area contributed by atoms with Crippen molar-refractivity contribution in [2.45, 2.75) is 27.3 Å². The first kappa shape index (κ1) is 19.3. The van der Waals surface area contributed by atoms with Gasteiger partial charge in [-0.15, -0.1) is 0 Å². The summed E-state index contributed by atoms with van der Waals surface area (Å²) in [6, 6.07) is 11.6. The lowest BCUT2D eigenvalue weighted by Gasteiger charge is -2.06. The molecule has 1 heterocycles.